The Bertz CT molecular complexity index is 1330. The molecule has 3 N–H and O–H groups in total. The maximum atomic E-state index is 11.7. The molecule has 0 saturated carbocycles. The first kappa shape index (κ1) is 21.5. The summed E-state index contributed by atoms with van der Waals surface area (Å²) in [5.74, 6) is 1.14. The van der Waals surface area contributed by atoms with Crippen LogP contribution in [-0.4, -0.2) is 52.0 Å². The van der Waals surface area contributed by atoms with E-state index in [1.807, 2.05) is 42.5 Å². The van der Waals surface area contributed by atoms with E-state index in [4.69, 9.17) is 4.98 Å². The zero-order valence-corrected chi connectivity index (χ0v) is 18.5. The minimum atomic E-state index is -0.270. The highest BCUT2D eigenvalue weighted by atomic mass is 16.1. The first-order valence-corrected chi connectivity index (χ1v) is 11.0. The number of fused-ring (bicyclic) bond motifs is 1. The van der Waals surface area contributed by atoms with Gasteiger partial charge in [0.25, 0.3) is 0 Å². The predicted octanol–water partition coefficient (Wildman–Crippen LogP) is 3.36. The summed E-state index contributed by atoms with van der Waals surface area (Å²) in [5, 5.41) is 10.2. The van der Waals surface area contributed by atoms with Crippen LogP contribution in [-0.2, 0) is 4.79 Å². The molecule has 4 aromatic rings. The Balaban J connectivity index is 1.41. The molecule has 9 heteroatoms. The number of rotatable bonds is 6. The molecular formula is C25H24N8O. The van der Waals surface area contributed by atoms with Gasteiger partial charge in [-0.05, 0) is 36.4 Å². The minimum Gasteiger partial charge on any atom is -0.354 e. The van der Waals surface area contributed by atoms with E-state index in [1.54, 1.807) is 18.6 Å². The molecule has 1 aliphatic heterocycles. The number of piperazine rings is 1. The van der Waals surface area contributed by atoms with Gasteiger partial charge < -0.3 is 20.9 Å². The molecule has 1 aliphatic rings. The fourth-order valence-corrected chi connectivity index (χ4v) is 3.84. The molecule has 1 fully saturated rings. The summed E-state index contributed by atoms with van der Waals surface area (Å²) < 4.78 is 0. The molecule has 1 saturated heterocycles. The lowest BCUT2D eigenvalue weighted by Gasteiger charge is -2.28. The number of benzene rings is 1. The van der Waals surface area contributed by atoms with E-state index in [-0.39, 0.29) is 5.91 Å². The van der Waals surface area contributed by atoms with Crippen molar-refractivity contribution in [1.82, 2.24) is 25.3 Å². The Labute approximate surface area is 197 Å². The third kappa shape index (κ3) is 4.69. The number of pyridine rings is 2. The van der Waals surface area contributed by atoms with Crippen molar-refractivity contribution < 1.29 is 4.79 Å². The molecule has 0 atom stereocenters. The Morgan fingerprint density at radius 2 is 1.91 bits per heavy atom. The zero-order chi connectivity index (χ0) is 23.3. The van der Waals surface area contributed by atoms with Crippen LogP contribution in [0.3, 0.4) is 0 Å². The number of hydrogen-bond donors (Lipinski definition) is 3. The molecule has 4 heterocycles. The van der Waals surface area contributed by atoms with Gasteiger partial charge in [-0.25, -0.2) is 15.0 Å². The van der Waals surface area contributed by atoms with Crippen molar-refractivity contribution in [2.45, 2.75) is 0 Å². The number of hydrogen-bond acceptors (Lipinski definition) is 8. The van der Waals surface area contributed by atoms with Gasteiger partial charge in [-0.3, -0.25) is 9.78 Å². The maximum Gasteiger partial charge on any atom is 0.247 e. The fraction of sp³-hybridized carbons (Fsp3) is 0.160. The van der Waals surface area contributed by atoms with Gasteiger partial charge in [0.15, 0.2) is 0 Å². The molecule has 34 heavy (non-hydrogen) atoms. The number of amides is 1. The number of aromatic nitrogens is 4. The molecule has 1 amide bonds. The quantitative estimate of drug-likeness (QED) is 0.382. The Hall–Kier alpha value is -4.37. The lowest BCUT2D eigenvalue weighted by Crippen LogP contribution is -2.43. The lowest BCUT2D eigenvalue weighted by molar-refractivity contribution is -0.111. The molecule has 0 unspecified atom stereocenters. The third-order valence-electron chi connectivity index (χ3n) is 5.53. The molecule has 170 valence electrons. The van der Waals surface area contributed by atoms with Crippen LogP contribution in [0.1, 0.15) is 0 Å². The van der Waals surface area contributed by atoms with Crippen molar-refractivity contribution in [1.29, 1.82) is 0 Å². The topological polar surface area (TPSA) is 108 Å². The van der Waals surface area contributed by atoms with Crippen LogP contribution in [0.2, 0.25) is 0 Å². The average Bonchev–Trinajstić information content (AvgIpc) is 2.89. The number of nitrogens with zero attached hydrogens (tertiary/aromatic N) is 5. The van der Waals surface area contributed by atoms with E-state index < -0.39 is 0 Å². The molecule has 5 rings (SSSR count). The minimum absolute atomic E-state index is 0.270. The zero-order valence-electron chi connectivity index (χ0n) is 18.5. The fourth-order valence-electron chi connectivity index (χ4n) is 3.84. The summed E-state index contributed by atoms with van der Waals surface area (Å²) in [6.07, 6.45) is 6.52. The van der Waals surface area contributed by atoms with Crippen molar-refractivity contribution >= 4 is 40.0 Å². The number of carbonyl (C=O) groups excluding carboxylic acids is 1. The van der Waals surface area contributed by atoms with E-state index in [0.29, 0.717) is 22.8 Å². The monoisotopic (exact) mass is 452 g/mol. The van der Waals surface area contributed by atoms with E-state index in [1.165, 1.54) is 6.08 Å². The largest absolute Gasteiger partial charge is 0.354 e. The summed E-state index contributed by atoms with van der Waals surface area (Å²) >= 11 is 0. The highest BCUT2D eigenvalue weighted by molar-refractivity contribution is 5.99. The molecule has 0 bridgehead atoms. The number of nitrogens with one attached hydrogen (secondary N) is 3. The molecule has 9 nitrogen and oxygen atoms in total. The summed E-state index contributed by atoms with van der Waals surface area (Å²) in [7, 11) is 0. The molecule has 0 radical (unpaired) electrons. The third-order valence-corrected chi connectivity index (χ3v) is 5.53. The first-order chi connectivity index (χ1) is 16.7. The van der Waals surface area contributed by atoms with Gasteiger partial charge >= 0.3 is 0 Å². The van der Waals surface area contributed by atoms with Crippen molar-refractivity contribution in [3.8, 4) is 11.3 Å². The second-order valence-electron chi connectivity index (χ2n) is 7.83. The highest BCUT2D eigenvalue weighted by Crippen LogP contribution is 2.28. The van der Waals surface area contributed by atoms with Crippen molar-refractivity contribution in [3.63, 3.8) is 0 Å². The Morgan fingerprint density at radius 3 is 2.71 bits per heavy atom. The SMILES string of the molecule is C=CC(=O)Nc1cccc(-c2nccc3cnc(Nc4ccc(N5CCNCC5)nc4)nc23)c1. The summed E-state index contributed by atoms with van der Waals surface area (Å²) in [5.41, 5.74) is 3.70. The van der Waals surface area contributed by atoms with Gasteiger partial charge in [-0.2, -0.15) is 0 Å². The van der Waals surface area contributed by atoms with Gasteiger partial charge in [0.05, 0.1) is 17.6 Å². The number of carbonyl (C=O) groups is 1. The maximum absolute atomic E-state index is 11.7. The van der Waals surface area contributed by atoms with Crippen LogP contribution >= 0.6 is 0 Å². The van der Waals surface area contributed by atoms with E-state index >= 15 is 0 Å². The summed E-state index contributed by atoms with van der Waals surface area (Å²) in [4.78, 5) is 32.3. The predicted molar refractivity (Wildman–Crippen MR) is 134 cm³/mol. The first-order valence-electron chi connectivity index (χ1n) is 11.0. The van der Waals surface area contributed by atoms with Crippen LogP contribution in [0.15, 0.2) is 73.7 Å². The Kier molecular flexibility index (Phi) is 6.09. The Morgan fingerprint density at radius 1 is 1.03 bits per heavy atom. The van der Waals surface area contributed by atoms with Gasteiger partial charge in [0.2, 0.25) is 11.9 Å². The van der Waals surface area contributed by atoms with Crippen molar-refractivity contribution in [2.24, 2.45) is 0 Å². The second-order valence-corrected chi connectivity index (χ2v) is 7.83. The van der Waals surface area contributed by atoms with E-state index in [0.717, 1.165) is 48.6 Å². The van der Waals surface area contributed by atoms with Crippen LogP contribution in [0.5, 0.6) is 0 Å². The van der Waals surface area contributed by atoms with Crippen molar-refractivity contribution in [2.75, 3.05) is 41.7 Å². The highest BCUT2D eigenvalue weighted by Gasteiger charge is 2.13. The standard InChI is InChI=1S/C25H24N8O/c1-2-22(34)30-19-5-3-4-17(14-19)23-24-18(8-9-27-23)15-29-25(32-24)31-20-6-7-21(28-16-20)33-12-10-26-11-13-33/h2-9,14-16,26H,1,10-13H2,(H,30,34)(H,29,31,32). The van der Waals surface area contributed by atoms with Crippen LogP contribution in [0.4, 0.5) is 23.1 Å². The average molecular weight is 453 g/mol. The smallest absolute Gasteiger partial charge is 0.247 e. The van der Waals surface area contributed by atoms with E-state index in [2.05, 4.69) is 42.4 Å². The lowest BCUT2D eigenvalue weighted by atomic mass is 10.1. The van der Waals surface area contributed by atoms with Gasteiger partial charge in [-0.15, -0.1) is 0 Å². The van der Waals surface area contributed by atoms with Crippen LogP contribution < -0.4 is 20.9 Å². The van der Waals surface area contributed by atoms with Crippen LogP contribution in [0.25, 0.3) is 22.2 Å². The van der Waals surface area contributed by atoms with Gasteiger partial charge in [0, 0.05) is 55.2 Å². The molecule has 0 spiro atoms. The molecule has 0 aliphatic carbocycles. The summed E-state index contributed by atoms with van der Waals surface area (Å²) in [6.45, 7) is 7.32. The van der Waals surface area contributed by atoms with Crippen LogP contribution in [0, 0.1) is 0 Å². The van der Waals surface area contributed by atoms with Gasteiger partial charge in [0.1, 0.15) is 11.3 Å². The molecule has 3 aromatic heterocycles. The summed E-state index contributed by atoms with van der Waals surface area (Å²) in [6, 6.07) is 13.3. The van der Waals surface area contributed by atoms with Gasteiger partial charge in [-0.1, -0.05) is 18.7 Å². The number of anilines is 4. The normalized spacial score (nSPS) is 13.5. The van der Waals surface area contributed by atoms with E-state index in [9.17, 15) is 4.79 Å². The van der Waals surface area contributed by atoms with Crippen molar-refractivity contribution in [3.05, 3.63) is 73.7 Å². The molecule has 1 aromatic carbocycles. The second kappa shape index (κ2) is 9.63. The molecular weight excluding hydrogens is 428 g/mol.